The Balaban J connectivity index is 4.79. The molecule has 0 saturated carbocycles. The Labute approximate surface area is 64.0 Å². The summed E-state index contributed by atoms with van der Waals surface area (Å²) in [6.07, 6.45) is 0. The number of hydrogen-bond donors (Lipinski definition) is 2. The molecule has 0 aromatic carbocycles. The van der Waals surface area contributed by atoms with Gasteiger partial charge in [-0.3, -0.25) is 4.79 Å². The van der Waals surface area contributed by atoms with Gasteiger partial charge in [-0.15, -0.1) is 0 Å². The normalized spacial score (nSPS) is 11.8. The summed E-state index contributed by atoms with van der Waals surface area (Å²) in [4.78, 5) is 21.3. The molecule has 5 nitrogen and oxygen atoms in total. The molecule has 0 atom stereocenters. The fourth-order valence-electron chi connectivity index (χ4n) is 0.558. The van der Waals surface area contributed by atoms with E-state index in [1.54, 1.807) is 0 Å². The number of hydrogen-bond acceptors (Lipinski definition) is 4. The van der Waals surface area contributed by atoms with Crippen LogP contribution >= 0.6 is 0 Å². The van der Waals surface area contributed by atoms with Crippen LogP contribution in [0.15, 0.2) is 11.3 Å². The van der Waals surface area contributed by atoms with Gasteiger partial charge in [0.05, 0.1) is 7.11 Å². The van der Waals surface area contributed by atoms with E-state index >= 15 is 0 Å². The summed E-state index contributed by atoms with van der Waals surface area (Å²) in [7, 11) is 1.15. The van der Waals surface area contributed by atoms with Crippen LogP contribution in [0.5, 0.6) is 0 Å². The molecule has 0 aliphatic heterocycles. The lowest BCUT2D eigenvalue weighted by atomic mass is 10.2. The molecule has 0 heterocycles. The van der Waals surface area contributed by atoms with Crippen molar-refractivity contribution in [2.75, 3.05) is 7.11 Å². The minimum atomic E-state index is -0.878. The van der Waals surface area contributed by atoms with Gasteiger partial charge in [0, 0.05) is 5.70 Å². The topological polar surface area (TPSA) is 95.4 Å². The highest BCUT2D eigenvalue weighted by molar-refractivity contribution is 6.16. The molecule has 0 aromatic heterocycles. The summed E-state index contributed by atoms with van der Waals surface area (Å²) < 4.78 is 4.26. The Hall–Kier alpha value is -1.52. The summed E-state index contributed by atoms with van der Waals surface area (Å²) in [6, 6.07) is 0. The van der Waals surface area contributed by atoms with E-state index in [9.17, 15) is 9.59 Å². The standard InChI is InChI=1S/C6H10N2O3/c1-3(7)4(5(8)9)6(10)11-2/h7H2,1-2H3,(H2,8,9)/b4-3-. The van der Waals surface area contributed by atoms with E-state index in [0.29, 0.717) is 0 Å². The third kappa shape index (κ3) is 2.29. The predicted molar refractivity (Wildman–Crippen MR) is 38.1 cm³/mol. The second-order valence-electron chi connectivity index (χ2n) is 1.91. The molecule has 11 heavy (non-hydrogen) atoms. The first-order valence-electron chi connectivity index (χ1n) is 2.85. The molecule has 62 valence electrons. The lowest BCUT2D eigenvalue weighted by molar-refractivity contribution is -0.137. The highest BCUT2D eigenvalue weighted by Gasteiger charge is 2.17. The van der Waals surface area contributed by atoms with Crippen molar-refractivity contribution >= 4 is 11.9 Å². The van der Waals surface area contributed by atoms with Crippen molar-refractivity contribution in [2.45, 2.75) is 6.92 Å². The van der Waals surface area contributed by atoms with Gasteiger partial charge in [-0.1, -0.05) is 0 Å². The Bertz CT molecular complexity index is 216. The van der Waals surface area contributed by atoms with Gasteiger partial charge in [-0.2, -0.15) is 0 Å². The number of methoxy groups -OCH3 is 1. The molecule has 5 heteroatoms. The molecule has 0 aliphatic rings. The zero-order chi connectivity index (χ0) is 9.02. The summed E-state index contributed by atoms with van der Waals surface area (Å²) in [5, 5.41) is 0. The van der Waals surface area contributed by atoms with Crippen LogP contribution in [0.2, 0.25) is 0 Å². The minimum absolute atomic E-state index is 0.0596. The van der Waals surface area contributed by atoms with E-state index in [4.69, 9.17) is 11.5 Å². The fourth-order valence-corrected chi connectivity index (χ4v) is 0.558. The van der Waals surface area contributed by atoms with Crippen LogP contribution in [-0.2, 0) is 14.3 Å². The molecular weight excluding hydrogens is 148 g/mol. The Kier molecular flexibility index (Phi) is 3.10. The minimum Gasteiger partial charge on any atom is -0.465 e. The van der Waals surface area contributed by atoms with Gasteiger partial charge in [0.2, 0.25) is 0 Å². The quantitative estimate of drug-likeness (QED) is 0.230. The van der Waals surface area contributed by atoms with Crippen LogP contribution in [0, 0.1) is 0 Å². The van der Waals surface area contributed by atoms with Gasteiger partial charge < -0.3 is 16.2 Å². The highest BCUT2D eigenvalue weighted by atomic mass is 16.5. The van der Waals surface area contributed by atoms with Crippen molar-refractivity contribution in [1.82, 2.24) is 0 Å². The maximum atomic E-state index is 10.7. The van der Waals surface area contributed by atoms with E-state index in [0.717, 1.165) is 7.11 Å². The zero-order valence-corrected chi connectivity index (χ0v) is 6.38. The first-order chi connectivity index (χ1) is 5.00. The number of carbonyl (C=O) groups is 2. The average molecular weight is 158 g/mol. The number of carbonyl (C=O) groups excluding carboxylic acids is 2. The van der Waals surface area contributed by atoms with Crippen LogP contribution < -0.4 is 11.5 Å². The van der Waals surface area contributed by atoms with Gasteiger partial charge in [0.25, 0.3) is 5.91 Å². The predicted octanol–water partition coefficient (Wildman–Crippen LogP) is -1.12. The number of nitrogens with two attached hydrogens (primary N) is 2. The summed E-state index contributed by atoms with van der Waals surface area (Å²) in [5.74, 6) is -1.69. The van der Waals surface area contributed by atoms with Gasteiger partial charge in [-0.25, -0.2) is 4.79 Å². The SMILES string of the molecule is COC(=O)/C(C(N)=O)=C(/C)N. The fraction of sp³-hybridized carbons (Fsp3) is 0.333. The van der Waals surface area contributed by atoms with Crippen LogP contribution in [-0.4, -0.2) is 19.0 Å². The first kappa shape index (κ1) is 9.48. The van der Waals surface area contributed by atoms with Gasteiger partial charge in [0.1, 0.15) is 5.57 Å². The molecule has 0 aromatic rings. The number of allylic oxidation sites excluding steroid dienone is 1. The van der Waals surface area contributed by atoms with Crippen LogP contribution in [0.3, 0.4) is 0 Å². The summed E-state index contributed by atoms with van der Waals surface area (Å²) in [6.45, 7) is 1.40. The number of esters is 1. The van der Waals surface area contributed by atoms with E-state index in [1.165, 1.54) is 6.92 Å². The molecule has 0 saturated heterocycles. The van der Waals surface area contributed by atoms with E-state index in [1.807, 2.05) is 0 Å². The van der Waals surface area contributed by atoms with Gasteiger partial charge in [0.15, 0.2) is 0 Å². The van der Waals surface area contributed by atoms with Crippen LogP contribution in [0.4, 0.5) is 0 Å². The van der Waals surface area contributed by atoms with Crippen LogP contribution in [0.25, 0.3) is 0 Å². The third-order valence-corrected chi connectivity index (χ3v) is 1.03. The molecule has 0 fully saturated rings. The number of amides is 1. The molecule has 0 rings (SSSR count). The molecule has 4 N–H and O–H groups in total. The highest BCUT2D eigenvalue weighted by Crippen LogP contribution is 1.99. The maximum Gasteiger partial charge on any atom is 0.345 e. The average Bonchev–Trinajstić information content (AvgIpc) is 1.85. The molecule has 0 unspecified atom stereocenters. The molecular formula is C6H10N2O3. The molecule has 1 amide bonds. The molecule has 0 radical (unpaired) electrons. The molecule has 0 aliphatic carbocycles. The Morgan fingerprint density at radius 2 is 1.73 bits per heavy atom. The van der Waals surface area contributed by atoms with Crippen molar-refractivity contribution in [1.29, 1.82) is 0 Å². The molecule has 0 bridgehead atoms. The summed E-state index contributed by atoms with van der Waals surface area (Å²) in [5.41, 5.74) is 9.79. The smallest absolute Gasteiger partial charge is 0.345 e. The van der Waals surface area contributed by atoms with Gasteiger partial charge in [-0.05, 0) is 6.92 Å². The number of primary amides is 1. The summed E-state index contributed by atoms with van der Waals surface area (Å²) >= 11 is 0. The van der Waals surface area contributed by atoms with E-state index < -0.39 is 11.9 Å². The van der Waals surface area contributed by atoms with Gasteiger partial charge >= 0.3 is 5.97 Å². The number of rotatable bonds is 2. The first-order valence-corrected chi connectivity index (χ1v) is 2.85. The van der Waals surface area contributed by atoms with Crippen molar-refractivity contribution < 1.29 is 14.3 Å². The van der Waals surface area contributed by atoms with E-state index in [2.05, 4.69) is 4.74 Å². The monoisotopic (exact) mass is 158 g/mol. The second kappa shape index (κ2) is 3.60. The van der Waals surface area contributed by atoms with Crippen molar-refractivity contribution in [2.24, 2.45) is 11.5 Å². The zero-order valence-electron chi connectivity index (χ0n) is 6.38. The third-order valence-electron chi connectivity index (χ3n) is 1.03. The van der Waals surface area contributed by atoms with Crippen molar-refractivity contribution in [3.63, 3.8) is 0 Å². The molecule has 0 spiro atoms. The van der Waals surface area contributed by atoms with Crippen molar-refractivity contribution in [3.05, 3.63) is 11.3 Å². The van der Waals surface area contributed by atoms with Crippen molar-refractivity contribution in [3.8, 4) is 0 Å². The lowest BCUT2D eigenvalue weighted by Crippen LogP contribution is -2.24. The Morgan fingerprint density at radius 3 is 1.82 bits per heavy atom. The van der Waals surface area contributed by atoms with Crippen LogP contribution in [0.1, 0.15) is 6.92 Å². The largest absolute Gasteiger partial charge is 0.465 e. The van der Waals surface area contributed by atoms with E-state index in [-0.39, 0.29) is 11.3 Å². The maximum absolute atomic E-state index is 10.7. The number of ether oxygens (including phenoxy) is 1. The lowest BCUT2D eigenvalue weighted by Gasteiger charge is -2.01. The Morgan fingerprint density at radius 1 is 1.27 bits per heavy atom. The second-order valence-corrected chi connectivity index (χ2v) is 1.91.